The van der Waals surface area contributed by atoms with Crippen LogP contribution in [0.2, 0.25) is 0 Å². The van der Waals surface area contributed by atoms with Crippen LogP contribution in [0.4, 0.5) is 0 Å². The van der Waals surface area contributed by atoms with Crippen LogP contribution in [0.1, 0.15) is 29.3 Å². The third kappa shape index (κ3) is 4.15. The molecule has 2 heterocycles. The number of nitrogens with zero attached hydrogens (tertiary/aromatic N) is 2. The summed E-state index contributed by atoms with van der Waals surface area (Å²) in [5.74, 6) is 2.30. The van der Waals surface area contributed by atoms with Gasteiger partial charge in [-0.3, -0.25) is 4.79 Å². The van der Waals surface area contributed by atoms with Gasteiger partial charge in [0.05, 0.1) is 37.0 Å². The zero-order chi connectivity index (χ0) is 20.9. The molecular formula is C23H23N3O4. The highest BCUT2D eigenvalue weighted by Crippen LogP contribution is 2.22. The van der Waals surface area contributed by atoms with Crippen molar-refractivity contribution < 1.29 is 18.7 Å². The van der Waals surface area contributed by atoms with Gasteiger partial charge in [-0.2, -0.15) is 0 Å². The molecule has 154 valence electrons. The Bertz CT molecular complexity index is 1120. The largest absolute Gasteiger partial charge is 0.497 e. The molecule has 0 spiro atoms. The standard InChI is InChI=1S/C23H23N3O4/c1-16(24-23(27)21-8-5-14-30-21)22-25-19-6-3-4-7-20(19)26(22)13-15-29-18-11-9-17(28-2)10-12-18/h3-12,14,16H,13,15H2,1-2H3,(H,24,27)/t16-/m0/s1. The molecule has 0 radical (unpaired) electrons. The molecule has 0 bridgehead atoms. The molecule has 1 N–H and O–H groups in total. The van der Waals surface area contributed by atoms with Crippen LogP contribution in [0.3, 0.4) is 0 Å². The fourth-order valence-corrected chi connectivity index (χ4v) is 3.33. The minimum atomic E-state index is -0.309. The van der Waals surface area contributed by atoms with Gasteiger partial charge in [-0.15, -0.1) is 0 Å². The van der Waals surface area contributed by atoms with E-state index in [4.69, 9.17) is 18.9 Å². The number of carbonyl (C=O) groups is 1. The van der Waals surface area contributed by atoms with Crippen LogP contribution in [0.15, 0.2) is 71.3 Å². The van der Waals surface area contributed by atoms with Gasteiger partial charge in [0.15, 0.2) is 5.76 Å². The number of hydrogen-bond donors (Lipinski definition) is 1. The van der Waals surface area contributed by atoms with Gasteiger partial charge in [0.2, 0.25) is 0 Å². The van der Waals surface area contributed by atoms with Crippen LogP contribution in [-0.4, -0.2) is 29.2 Å². The van der Waals surface area contributed by atoms with E-state index in [-0.39, 0.29) is 17.7 Å². The Morgan fingerprint density at radius 3 is 2.60 bits per heavy atom. The van der Waals surface area contributed by atoms with Crippen LogP contribution in [0.25, 0.3) is 11.0 Å². The van der Waals surface area contributed by atoms with Crippen LogP contribution in [-0.2, 0) is 6.54 Å². The first-order chi connectivity index (χ1) is 14.7. The highest BCUT2D eigenvalue weighted by molar-refractivity contribution is 5.91. The second-order valence-corrected chi connectivity index (χ2v) is 6.81. The van der Waals surface area contributed by atoms with E-state index in [0.717, 1.165) is 28.4 Å². The summed E-state index contributed by atoms with van der Waals surface area (Å²) >= 11 is 0. The highest BCUT2D eigenvalue weighted by Gasteiger charge is 2.20. The molecule has 0 aliphatic carbocycles. The summed E-state index contributed by atoms with van der Waals surface area (Å²) in [6, 6.07) is 18.4. The minimum Gasteiger partial charge on any atom is -0.497 e. The summed E-state index contributed by atoms with van der Waals surface area (Å²) in [5.41, 5.74) is 1.86. The number of fused-ring (bicyclic) bond motifs is 1. The number of hydrogen-bond acceptors (Lipinski definition) is 5. The van der Waals surface area contributed by atoms with Crippen LogP contribution in [0, 0.1) is 0 Å². The summed E-state index contributed by atoms with van der Waals surface area (Å²) in [6.45, 7) is 2.95. The predicted molar refractivity (Wildman–Crippen MR) is 113 cm³/mol. The third-order valence-corrected chi connectivity index (χ3v) is 4.81. The van der Waals surface area contributed by atoms with E-state index in [2.05, 4.69) is 9.88 Å². The molecule has 0 saturated carbocycles. The summed E-state index contributed by atoms with van der Waals surface area (Å²) in [6.07, 6.45) is 1.48. The first-order valence-electron chi connectivity index (χ1n) is 9.72. The SMILES string of the molecule is COc1ccc(OCCn2c([C@H](C)NC(=O)c3ccco3)nc3ccccc32)cc1. The number of ether oxygens (including phenoxy) is 2. The van der Waals surface area contributed by atoms with E-state index < -0.39 is 0 Å². The maximum Gasteiger partial charge on any atom is 0.287 e. The van der Waals surface area contributed by atoms with E-state index in [0.29, 0.717) is 13.2 Å². The van der Waals surface area contributed by atoms with E-state index in [9.17, 15) is 4.79 Å². The molecular weight excluding hydrogens is 382 g/mol. The van der Waals surface area contributed by atoms with Crippen molar-refractivity contribution in [2.75, 3.05) is 13.7 Å². The second kappa shape index (κ2) is 8.73. The van der Waals surface area contributed by atoms with Crippen molar-refractivity contribution in [3.8, 4) is 11.5 Å². The first-order valence-corrected chi connectivity index (χ1v) is 9.72. The molecule has 2 aromatic carbocycles. The average molecular weight is 405 g/mol. The number of para-hydroxylation sites is 2. The number of imidazole rings is 1. The average Bonchev–Trinajstić information content (AvgIpc) is 3.43. The van der Waals surface area contributed by atoms with E-state index in [1.165, 1.54) is 6.26 Å². The Morgan fingerprint density at radius 2 is 1.87 bits per heavy atom. The number of rotatable bonds is 8. The number of nitrogens with one attached hydrogen (secondary N) is 1. The topological polar surface area (TPSA) is 78.5 Å². The lowest BCUT2D eigenvalue weighted by Gasteiger charge is -2.16. The van der Waals surface area contributed by atoms with Crippen molar-refractivity contribution in [1.29, 1.82) is 0 Å². The van der Waals surface area contributed by atoms with Gasteiger partial charge in [0.25, 0.3) is 5.91 Å². The maximum atomic E-state index is 12.4. The summed E-state index contributed by atoms with van der Waals surface area (Å²) in [5, 5.41) is 2.95. The quantitative estimate of drug-likeness (QED) is 0.475. The Kier molecular flexibility index (Phi) is 5.70. The molecule has 0 saturated heterocycles. The molecule has 1 atom stereocenters. The Balaban J connectivity index is 1.51. The van der Waals surface area contributed by atoms with Gasteiger partial charge in [-0.25, -0.2) is 4.98 Å². The third-order valence-electron chi connectivity index (χ3n) is 4.81. The van der Waals surface area contributed by atoms with E-state index in [1.54, 1.807) is 19.2 Å². The van der Waals surface area contributed by atoms with E-state index in [1.807, 2.05) is 55.5 Å². The fourth-order valence-electron chi connectivity index (χ4n) is 3.33. The Labute approximate surface area is 174 Å². The zero-order valence-corrected chi connectivity index (χ0v) is 16.9. The molecule has 4 rings (SSSR count). The van der Waals surface area contributed by atoms with Crippen molar-refractivity contribution >= 4 is 16.9 Å². The number of methoxy groups -OCH3 is 1. The fraction of sp³-hybridized carbons (Fsp3) is 0.217. The molecule has 7 nitrogen and oxygen atoms in total. The van der Waals surface area contributed by atoms with Gasteiger partial charge in [-0.1, -0.05) is 12.1 Å². The minimum absolute atomic E-state index is 0.271. The summed E-state index contributed by atoms with van der Waals surface area (Å²) in [4.78, 5) is 17.1. The van der Waals surface area contributed by atoms with Crippen molar-refractivity contribution in [3.63, 3.8) is 0 Å². The Hall–Kier alpha value is -3.74. The molecule has 7 heteroatoms. The Morgan fingerprint density at radius 1 is 1.10 bits per heavy atom. The molecule has 0 aliphatic rings. The zero-order valence-electron chi connectivity index (χ0n) is 16.9. The number of carbonyl (C=O) groups excluding carboxylic acids is 1. The van der Waals surface area contributed by atoms with Crippen molar-refractivity contribution in [1.82, 2.24) is 14.9 Å². The van der Waals surface area contributed by atoms with Crippen LogP contribution >= 0.6 is 0 Å². The lowest BCUT2D eigenvalue weighted by Crippen LogP contribution is -2.28. The first kappa shape index (κ1) is 19.6. The van der Waals surface area contributed by atoms with Gasteiger partial charge in [-0.05, 0) is 55.5 Å². The van der Waals surface area contributed by atoms with Gasteiger partial charge < -0.3 is 23.8 Å². The van der Waals surface area contributed by atoms with Crippen molar-refractivity contribution in [3.05, 3.63) is 78.5 Å². The predicted octanol–water partition coefficient (Wildman–Crippen LogP) is 4.21. The smallest absolute Gasteiger partial charge is 0.287 e. The van der Waals surface area contributed by atoms with Gasteiger partial charge >= 0.3 is 0 Å². The normalized spacial score (nSPS) is 11.9. The van der Waals surface area contributed by atoms with E-state index >= 15 is 0 Å². The molecule has 4 aromatic rings. The number of amides is 1. The maximum absolute atomic E-state index is 12.4. The number of aromatic nitrogens is 2. The second-order valence-electron chi connectivity index (χ2n) is 6.81. The number of benzene rings is 2. The molecule has 1 amide bonds. The van der Waals surface area contributed by atoms with Crippen LogP contribution < -0.4 is 14.8 Å². The van der Waals surface area contributed by atoms with Crippen molar-refractivity contribution in [2.45, 2.75) is 19.5 Å². The highest BCUT2D eigenvalue weighted by atomic mass is 16.5. The van der Waals surface area contributed by atoms with Gasteiger partial charge in [0.1, 0.15) is 23.9 Å². The summed E-state index contributed by atoms with van der Waals surface area (Å²) < 4.78 is 18.3. The number of furan rings is 1. The molecule has 30 heavy (non-hydrogen) atoms. The molecule has 0 aliphatic heterocycles. The van der Waals surface area contributed by atoms with Crippen molar-refractivity contribution in [2.24, 2.45) is 0 Å². The van der Waals surface area contributed by atoms with Crippen LogP contribution in [0.5, 0.6) is 11.5 Å². The lowest BCUT2D eigenvalue weighted by molar-refractivity contribution is 0.0909. The molecule has 2 aromatic heterocycles. The van der Waals surface area contributed by atoms with Gasteiger partial charge in [0, 0.05) is 0 Å². The molecule has 0 unspecified atom stereocenters. The summed E-state index contributed by atoms with van der Waals surface area (Å²) in [7, 11) is 1.63. The monoisotopic (exact) mass is 405 g/mol. The lowest BCUT2D eigenvalue weighted by atomic mass is 10.3. The molecule has 0 fully saturated rings.